The first-order valence-corrected chi connectivity index (χ1v) is 9.88. The lowest BCUT2D eigenvalue weighted by Crippen LogP contribution is -2.31. The minimum Gasteiger partial charge on any atom is -0.507 e. The molecule has 28 heavy (non-hydrogen) atoms. The normalized spacial score (nSPS) is 19.0. The van der Waals surface area contributed by atoms with Crippen LogP contribution < -0.4 is 0 Å². The molecule has 0 bridgehead atoms. The summed E-state index contributed by atoms with van der Waals surface area (Å²) in [6, 6.07) is 9.51. The highest BCUT2D eigenvalue weighted by Crippen LogP contribution is 2.39. The number of furan rings is 1. The van der Waals surface area contributed by atoms with Gasteiger partial charge >= 0.3 is 0 Å². The predicted molar refractivity (Wildman–Crippen MR) is 108 cm³/mol. The van der Waals surface area contributed by atoms with Gasteiger partial charge in [-0.3, -0.25) is 9.59 Å². The summed E-state index contributed by atoms with van der Waals surface area (Å²) >= 11 is 3.34. The van der Waals surface area contributed by atoms with E-state index in [2.05, 4.69) is 15.9 Å². The van der Waals surface area contributed by atoms with Gasteiger partial charge in [-0.25, -0.2) is 0 Å². The van der Waals surface area contributed by atoms with Gasteiger partial charge in [0.15, 0.2) is 0 Å². The van der Waals surface area contributed by atoms with Crippen molar-refractivity contribution in [1.29, 1.82) is 0 Å². The van der Waals surface area contributed by atoms with E-state index in [4.69, 9.17) is 9.15 Å². The van der Waals surface area contributed by atoms with Crippen LogP contribution in [0, 0.1) is 0 Å². The van der Waals surface area contributed by atoms with E-state index >= 15 is 0 Å². The first kappa shape index (κ1) is 20.4. The molecule has 7 heteroatoms. The van der Waals surface area contributed by atoms with Gasteiger partial charge in [0.25, 0.3) is 11.7 Å². The molecule has 2 heterocycles. The Labute approximate surface area is 171 Å². The van der Waals surface area contributed by atoms with Gasteiger partial charge in [-0.15, -0.1) is 0 Å². The second-order valence-electron chi connectivity index (χ2n) is 6.79. The average Bonchev–Trinajstić information content (AvgIpc) is 3.27. The Morgan fingerprint density at radius 2 is 1.96 bits per heavy atom. The van der Waals surface area contributed by atoms with E-state index in [0.717, 1.165) is 4.47 Å². The molecule has 1 aliphatic heterocycles. The smallest absolute Gasteiger partial charge is 0.295 e. The van der Waals surface area contributed by atoms with Crippen LogP contribution in [0.2, 0.25) is 0 Å². The fourth-order valence-electron chi connectivity index (χ4n) is 3.17. The van der Waals surface area contributed by atoms with Gasteiger partial charge in [-0.2, -0.15) is 0 Å². The van der Waals surface area contributed by atoms with Crippen molar-refractivity contribution >= 4 is 33.4 Å². The van der Waals surface area contributed by atoms with Crippen molar-refractivity contribution in [2.45, 2.75) is 32.4 Å². The molecular formula is C21H22BrNO5. The second-order valence-corrected chi connectivity index (χ2v) is 7.70. The van der Waals surface area contributed by atoms with Crippen molar-refractivity contribution in [3.05, 3.63) is 64.0 Å². The molecule has 0 unspecified atom stereocenters. The van der Waals surface area contributed by atoms with Gasteiger partial charge in [0.05, 0.1) is 17.9 Å². The highest BCUT2D eigenvalue weighted by molar-refractivity contribution is 9.10. The Balaban J connectivity index is 1.96. The zero-order valence-electron chi connectivity index (χ0n) is 15.7. The largest absolute Gasteiger partial charge is 0.507 e. The summed E-state index contributed by atoms with van der Waals surface area (Å²) in [5, 5.41) is 10.8. The zero-order valence-corrected chi connectivity index (χ0v) is 17.3. The topological polar surface area (TPSA) is 80.0 Å². The van der Waals surface area contributed by atoms with Crippen molar-refractivity contribution in [1.82, 2.24) is 4.90 Å². The van der Waals surface area contributed by atoms with Gasteiger partial charge in [-0.1, -0.05) is 28.1 Å². The molecule has 2 aromatic rings. The SMILES string of the molecule is CC(C)OCCCN1C(=O)C(=O)C(=C(O)c2ccc(Br)cc2)[C@@H]1c1ccco1. The Bertz CT molecular complexity index is 871. The lowest BCUT2D eigenvalue weighted by Gasteiger charge is -2.23. The first-order chi connectivity index (χ1) is 13.4. The number of hydrogen-bond acceptors (Lipinski definition) is 5. The molecule has 0 aliphatic carbocycles. The van der Waals surface area contributed by atoms with Crippen LogP contribution in [-0.4, -0.2) is 41.0 Å². The van der Waals surface area contributed by atoms with Crippen LogP contribution in [0.25, 0.3) is 5.76 Å². The number of benzene rings is 1. The number of aliphatic hydroxyl groups is 1. The van der Waals surface area contributed by atoms with E-state index in [1.165, 1.54) is 11.2 Å². The molecule has 0 spiro atoms. The molecule has 0 radical (unpaired) electrons. The lowest BCUT2D eigenvalue weighted by molar-refractivity contribution is -0.140. The molecule has 1 N–H and O–H groups in total. The number of aliphatic hydroxyl groups excluding tert-OH is 1. The van der Waals surface area contributed by atoms with Crippen molar-refractivity contribution in [2.24, 2.45) is 0 Å². The number of nitrogens with zero attached hydrogens (tertiary/aromatic N) is 1. The van der Waals surface area contributed by atoms with Gasteiger partial charge in [0.2, 0.25) is 0 Å². The van der Waals surface area contributed by atoms with Crippen LogP contribution >= 0.6 is 15.9 Å². The highest BCUT2D eigenvalue weighted by Gasteiger charge is 2.47. The quantitative estimate of drug-likeness (QED) is 0.296. The summed E-state index contributed by atoms with van der Waals surface area (Å²) in [6.45, 7) is 4.67. The monoisotopic (exact) mass is 447 g/mol. The highest BCUT2D eigenvalue weighted by atomic mass is 79.9. The number of rotatable bonds is 7. The van der Waals surface area contributed by atoms with Crippen LogP contribution in [0.15, 0.2) is 57.1 Å². The minimum absolute atomic E-state index is 0.0343. The van der Waals surface area contributed by atoms with Crippen LogP contribution in [0.1, 0.15) is 37.6 Å². The molecule has 1 atom stereocenters. The summed E-state index contributed by atoms with van der Waals surface area (Å²) in [5.41, 5.74) is 0.493. The van der Waals surface area contributed by atoms with Gasteiger partial charge in [-0.05, 0) is 44.5 Å². The number of ketones is 1. The third-order valence-electron chi connectivity index (χ3n) is 4.46. The van der Waals surface area contributed by atoms with E-state index in [9.17, 15) is 14.7 Å². The molecule has 0 saturated carbocycles. The Kier molecular flexibility index (Phi) is 6.36. The van der Waals surface area contributed by atoms with Gasteiger partial charge < -0.3 is 19.2 Å². The zero-order chi connectivity index (χ0) is 20.3. The molecule has 1 fully saturated rings. The number of carbonyl (C=O) groups excluding carboxylic acids is 2. The third-order valence-corrected chi connectivity index (χ3v) is 4.99. The number of likely N-dealkylation sites (tertiary alicyclic amines) is 1. The summed E-state index contributed by atoms with van der Waals surface area (Å²) in [6.07, 6.45) is 2.14. The molecule has 1 aliphatic rings. The van der Waals surface area contributed by atoms with Crippen LogP contribution in [0.4, 0.5) is 0 Å². The fraction of sp³-hybridized carbons (Fsp3) is 0.333. The first-order valence-electron chi connectivity index (χ1n) is 9.09. The number of Topliss-reactive ketones (excluding diaryl/α,β-unsaturated/α-hetero) is 1. The lowest BCUT2D eigenvalue weighted by atomic mass is 9.99. The van der Waals surface area contributed by atoms with Crippen molar-refractivity contribution in [2.75, 3.05) is 13.2 Å². The molecule has 1 aromatic heterocycles. The number of carbonyl (C=O) groups is 2. The summed E-state index contributed by atoms with van der Waals surface area (Å²) in [4.78, 5) is 26.9. The van der Waals surface area contributed by atoms with Crippen molar-refractivity contribution in [3.8, 4) is 0 Å². The Morgan fingerprint density at radius 1 is 1.25 bits per heavy atom. The van der Waals surface area contributed by atoms with Crippen LogP contribution in [-0.2, 0) is 14.3 Å². The molecule has 1 saturated heterocycles. The van der Waals surface area contributed by atoms with E-state index in [1.807, 2.05) is 13.8 Å². The van der Waals surface area contributed by atoms with E-state index < -0.39 is 17.7 Å². The maximum absolute atomic E-state index is 12.8. The molecule has 6 nitrogen and oxygen atoms in total. The fourth-order valence-corrected chi connectivity index (χ4v) is 3.43. The van der Waals surface area contributed by atoms with Gasteiger partial charge in [0, 0.05) is 23.2 Å². The van der Waals surface area contributed by atoms with Gasteiger partial charge in [0.1, 0.15) is 17.6 Å². The second kappa shape index (κ2) is 8.75. The van der Waals surface area contributed by atoms with Crippen molar-refractivity contribution < 1.29 is 23.8 Å². The summed E-state index contributed by atoms with van der Waals surface area (Å²) in [7, 11) is 0. The van der Waals surface area contributed by atoms with E-state index in [1.54, 1.807) is 36.4 Å². The van der Waals surface area contributed by atoms with Crippen LogP contribution in [0.5, 0.6) is 0 Å². The Hall–Kier alpha value is -2.38. The molecule has 1 amide bonds. The van der Waals surface area contributed by atoms with E-state index in [-0.39, 0.29) is 17.4 Å². The summed E-state index contributed by atoms with van der Waals surface area (Å²) < 4.78 is 11.9. The maximum atomic E-state index is 12.8. The van der Waals surface area contributed by atoms with E-state index in [0.29, 0.717) is 30.9 Å². The minimum atomic E-state index is -0.766. The number of halogens is 1. The molecule has 3 rings (SSSR count). The standard InChI is InChI=1S/C21H22BrNO5/c1-13(2)27-12-4-10-23-18(16-5-3-11-28-16)17(20(25)21(23)26)19(24)14-6-8-15(22)9-7-14/h3,5-9,11,13,18,24H,4,10,12H2,1-2H3/t18-/m0/s1. The third kappa shape index (κ3) is 4.20. The average molecular weight is 448 g/mol. The molecule has 1 aromatic carbocycles. The predicted octanol–water partition coefficient (Wildman–Crippen LogP) is 4.28. The van der Waals surface area contributed by atoms with Crippen molar-refractivity contribution in [3.63, 3.8) is 0 Å². The number of hydrogen-bond donors (Lipinski definition) is 1. The molecule has 148 valence electrons. The maximum Gasteiger partial charge on any atom is 0.295 e. The Morgan fingerprint density at radius 3 is 2.57 bits per heavy atom. The number of amides is 1. The number of ether oxygens (including phenoxy) is 1. The molecular weight excluding hydrogens is 426 g/mol. The summed E-state index contributed by atoms with van der Waals surface area (Å²) in [5.74, 6) is -1.15. The van der Waals surface area contributed by atoms with Crippen LogP contribution in [0.3, 0.4) is 0 Å².